The van der Waals surface area contributed by atoms with E-state index in [1.807, 2.05) is 42.5 Å². The Morgan fingerprint density at radius 3 is 2.62 bits per heavy atom. The van der Waals surface area contributed by atoms with Gasteiger partial charge in [-0.2, -0.15) is 5.10 Å². The first-order valence-electron chi connectivity index (χ1n) is 8.19. The molecule has 0 spiro atoms. The van der Waals surface area contributed by atoms with Gasteiger partial charge in [-0.05, 0) is 35.2 Å². The number of hydrogen-bond donors (Lipinski definition) is 1. The molecule has 0 radical (unpaired) electrons. The molecular formula is C20H23BrN2O3. The Morgan fingerprint density at radius 1 is 1.19 bits per heavy atom. The lowest BCUT2D eigenvalue weighted by Crippen LogP contribution is -2.25. The first-order valence-corrected chi connectivity index (χ1v) is 8.98. The van der Waals surface area contributed by atoms with E-state index in [1.165, 1.54) is 6.21 Å². The maximum atomic E-state index is 12.0. The number of methoxy groups -OCH3 is 1. The second-order valence-corrected chi connectivity index (χ2v) is 7.63. The summed E-state index contributed by atoms with van der Waals surface area (Å²) in [5.41, 5.74) is 4.20. The Labute approximate surface area is 162 Å². The van der Waals surface area contributed by atoms with E-state index in [1.54, 1.807) is 7.11 Å². The van der Waals surface area contributed by atoms with Gasteiger partial charge in [-0.25, -0.2) is 5.43 Å². The maximum Gasteiger partial charge on any atom is 0.277 e. The quantitative estimate of drug-likeness (QED) is 0.562. The van der Waals surface area contributed by atoms with Crippen LogP contribution in [0.15, 0.2) is 52.0 Å². The number of carbonyl (C=O) groups excluding carboxylic acids is 1. The monoisotopic (exact) mass is 418 g/mol. The highest BCUT2D eigenvalue weighted by Crippen LogP contribution is 2.30. The van der Waals surface area contributed by atoms with Crippen molar-refractivity contribution in [1.82, 2.24) is 5.43 Å². The number of benzene rings is 2. The Balaban J connectivity index is 1.96. The molecular weight excluding hydrogens is 396 g/mol. The SMILES string of the molecule is COc1ccc(Br)cc1/C=N/NC(=O)COc1ccccc1C(C)(C)C. The van der Waals surface area contributed by atoms with Crippen LogP contribution in [0, 0.1) is 0 Å². The number of hydrogen-bond acceptors (Lipinski definition) is 4. The molecule has 26 heavy (non-hydrogen) atoms. The van der Waals surface area contributed by atoms with Crippen molar-refractivity contribution in [3.8, 4) is 11.5 Å². The molecule has 0 aliphatic heterocycles. The van der Waals surface area contributed by atoms with Crippen molar-refractivity contribution in [1.29, 1.82) is 0 Å². The van der Waals surface area contributed by atoms with Gasteiger partial charge >= 0.3 is 0 Å². The molecule has 0 fully saturated rings. The highest BCUT2D eigenvalue weighted by atomic mass is 79.9. The lowest BCUT2D eigenvalue weighted by Gasteiger charge is -2.22. The first kappa shape index (κ1) is 20.0. The van der Waals surface area contributed by atoms with E-state index in [4.69, 9.17) is 9.47 Å². The van der Waals surface area contributed by atoms with Crippen LogP contribution in [0.25, 0.3) is 0 Å². The number of para-hydroxylation sites is 1. The van der Waals surface area contributed by atoms with Gasteiger partial charge in [-0.1, -0.05) is 54.9 Å². The standard InChI is InChI=1S/C20H23BrN2O3/c1-20(2,3)16-7-5-6-8-18(16)26-13-19(24)23-22-12-14-11-15(21)9-10-17(14)25-4/h5-12H,13H2,1-4H3,(H,23,24)/b22-12+. The van der Waals surface area contributed by atoms with Gasteiger partial charge in [0, 0.05) is 10.0 Å². The number of carbonyl (C=O) groups is 1. The topological polar surface area (TPSA) is 59.9 Å². The Bertz CT molecular complexity index is 798. The molecule has 0 unspecified atom stereocenters. The van der Waals surface area contributed by atoms with Crippen LogP contribution in [0.3, 0.4) is 0 Å². The molecule has 2 rings (SSSR count). The maximum absolute atomic E-state index is 12.0. The summed E-state index contributed by atoms with van der Waals surface area (Å²) in [6.45, 7) is 6.20. The van der Waals surface area contributed by atoms with Crippen molar-refractivity contribution in [3.05, 3.63) is 58.1 Å². The predicted octanol–water partition coefficient (Wildman–Crippen LogP) is 4.28. The number of nitrogens with zero attached hydrogens (tertiary/aromatic N) is 1. The molecule has 6 heteroatoms. The van der Waals surface area contributed by atoms with Crippen molar-refractivity contribution in [2.24, 2.45) is 5.10 Å². The molecule has 0 bridgehead atoms. The average molecular weight is 419 g/mol. The van der Waals surface area contributed by atoms with E-state index >= 15 is 0 Å². The number of ether oxygens (including phenoxy) is 2. The molecule has 1 N–H and O–H groups in total. The van der Waals surface area contributed by atoms with Gasteiger partial charge in [-0.15, -0.1) is 0 Å². The minimum atomic E-state index is -0.334. The van der Waals surface area contributed by atoms with Gasteiger partial charge in [-0.3, -0.25) is 4.79 Å². The van der Waals surface area contributed by atoms with Crippen LogP contribution in [0.2, 0.25) is 0 Å². The Morgan fingerprint density at radius 2 is 1.92 bits per heavy atom. The fraction of sp³-hybridized carbons (Fsp3) is 0.300. The van der Waals surface area contributed by atoms with E-state index < -0.39 is 0 Å². The highest BCUT2D eigenvalue weighted by molar-refractivity contribution is 9.10. The molecule has 0 aliphatic rings. The van der Waals surface area contributed by atoms with Crippen molar-refractivity contribution < 1.29 is 14.3 Å². The fourth-order valence-electron chi connectivity index (χ4n) is 2.37. The number of hydrazone groups is 1. The zero-order valence-electron chi connectivity index (χ0n) is 15.4. The van der Waals surface area contributed by atoms with Crippen molar-refractivity contribution in [2.75, 3.05) is 13.7 Å². The van der Waals surface area contributed by atoms with Crippen LogP contribution in [-0.4, -0.2) is 25.8 Å². The molecule has 0 saturated heterocycles. The third kappa shape index (κ3) is 5.59. The summed E-state index contributed by atoms with van der Waals surface area (Å²) >= 11 is 3.40. The van der Waals surface area contributed by atoms with E-state index in [0.29, 0.717) is 11.5 Å². The summed E-state index contributed by atoms with van der Waals surface area (Å²) in [5, 5.41) is 3.97. The van der Waals surface area contributed by atoms with E-state index in [-0.39, 0.29) is 17.9 Å². The van der Waals surface area contributed by atoms with Gasteiger partial charge in [0.05, 0.1) is 13.3 Å². The second kappa shape index (κ2) is 8.85. The van der Waals surface area contributed by atoms with Crippen LogP contribution in [0.5, 0.6) is 11.5 Å². The molecule has 0 aromatic heterocycles. The molecule has 0 heterocycles. The van der Waals surface area contributed by atoms with E-state index in [2.05, 4.69) is 47.2 Å². The lowest BCUT2D eigenvalue weighted by molar-refractivity contribution is -0.123. The fourth-order valence-corrected chi connectivity index (χ4v) is 2.75. The molecule has 1 amide bonds. The minimum Gasteiger partial charge on any atom is -0.496 e. The Hall–Kier alpha value is -2.34. The summed E-state index contributed by atoms with van der Waals surface area (Å²) in [6, 6.07) is 13.3. The van der Waals surface area contributed by atoms with Gasteiger partial charge in [0.2, 0.25) is 0 Å². The highest BCUT2D eigenvalue weighted by Gasteiger charge is 2.18. The number of nitrogens with one attached hydrogen (secondary N) is 1. The van der Waals surface area contributed by atoms with Gasteiger partial charge < -0.3 is 9.47 Å². The number of rotatable bonds is 6. The van der Waals surface area contributed by atoms with Crippen LogP contribution >= 0.6 is 15.9 Å². The summed E-state index contributed by atoms with van der Waals surface area (Å²) < 4.78 is 11.8. The predicted molar refractivity (Wildman–Crippen MR) is 107 cm³/mol. The van der Waals surface area contributed by atoms with Crippen LogP contribution in [-0.2, 0) is 10.2 Å². The molecule has 138 valence electrons. The largest absolute Gasteiger partial charge is 0.496 e. The third-order valence-electron chi connectivity index (χ3n) is 3.64. The van der Waals surface area contributed by atoms with Crippen LogP contribution in [0.1, 0.15) is 31.9 Å². The molecule has 0 atom stereocenters. The molecule has 0 aliphatic carbocycles. The lowest BCUT2D eigenvalue weighted by atomic mass is 9.86. The summed E-state index contributed by atoms with van der Waals surface area (Å²) in [7, 11) is 1.58. The number of amides is 1. The molecule has 2 aromatic carbocycles. The zero-order valence-corrected chi connectivity index (χ0v) is 17.0. The van der Waals surface area contributed by atoms with Crippen molar-refractivity contribution >= 4 is 28.1 Å². The van der Waals surface area contributed by atoms with Gasteiger partial charge in [0.1, 0.15) is 11.5 Å². The van der Waals surface area contributed by atoms with E-state index in [0.717, 1.165) is 15.6 Å². The summed E-state index contributed by atoms with van der Waals surface area (Å²) in [4.78, 5) is 12.0. The van der Waals surface area contributed by atoms with Crippen LogP contribution < -0.4 is 14.9 Å². The summed E-state index contributed by atoms with van der Waals surface area (Å²) in [6.07, 6.45) is 1.53. The van der Waals surface area contributed by atoms with Crippen molar-refractivity contribution in [2.45, 2.75) is 26.2 Å². The van der Waals surface area contributed by atoms with Gasteiger partial charge in [0.15, 0.2) is 6.61 Å². The molecule has 2 aromatic rings. The molecule has 5 nitrogen and oxygen atoms in total. The number of halogens is 1. The van der Waals surface area contributed by atoms with Crippen molar-refractivity contribution in [3.63, 3.8) is 0 Å². The first-order chi connectivity index (χ1) is 12.3. The zero-order chi connectivity index (χ0) is 19.2. The van der Waals surface area contributed by atoms with Crippen LogP contribution in [0.4, 0.5) is 0 Å². The Kier molecular flexibility index (Phi) is 6.80. The molecule has 0 saturated carbocycles. The smallest absolute Gasteiger partial charge is 0.277 e. The third-order valence-corrected chi connectivity index (χ3v) is 4.13. The average Bonchev–Trinajstić information content (AvgIpc) is 2.59. The second-order valence-electron chi connectivity index (χ2n) is 6.71. The normalized spacial score (nSPS) is 11.4. The van der Waals surface area contributed by atoms with E-state index in [9.17, 15) is 4.79 Å². The van der Waals surface area contributed by atoms with Gasteiger partial charge in [0.25, 0.3) is 5.91 Å². The minimum absolute atomic E-state index is 0.0670. The summed E-state index contributed by atoms with van der Waals surface area (Å²) in [5.74, 6) is 1.04.